The van der Waals surface area contributed by atoms with Crippen LogP contribution >= 0.6 is 0 Å². The van der Waals surface area contributed by atoms with Crippen molar-refractivity contribution >= 4 is 16.2 Å². The summed E-state index contributed by atoms with van der Waals surface area (Å²) in [5, 5.41) is 9.37. The highest BCUT2D eigenvalue weighted by atomic mass is 32.2. The number of nitrogens with zero attached hydrogens (tertiary/aromatic N) is 3. The number of rotatable bonds is 5. The maximum absolute atomic E-state index is 13.3. The van der Waals surface area contributed by atoms with Gasteiger partial charge < -0.3 is 9.64 Å². The zero-order valence-electron chi connectivity index (χ0n) is 18.0. The lowest BCUT2D eigenvalue weighted by molar-refractivity contribution is -0.115. The van der Waals surface area contributed by atoms with E-state index >= 15 is 0 Å². The summed E-state index contributed by atoms with van der Waals surface area (Å²) in [7, 11) is 1.47. The van der Waals surface area contributed by atoms with E-state index in [1.807, 2.05) is 6.07 Å². The second-order valence-electron chi connectivity index (χ2n) is 6.93. The van der Waals surface area contributed by atoms with E-state index in [-0.39, 0.29) is 22.2 Å². The maximum Gasteiger partial charge on any atom is 0.232 e. The molecule has 0 N–H and O–H groups in total. The van der Waals surface area contributed by atoms with Crippen LogP contribution < -0.4 is 4.74 Å². The van der Waals surface area contributed by atoms with Crippen LogP contribution in [0, 0.1) is 17.1 Å². The van der Waals surface area contributed by atoms with Crippen LogP contribution in [0.4, 0.5) is 4.39 Å². The summed E-state index contributed by atoms with van der Waals surface area (Å²) in [4.78, 5) is 15.5. The highest BCUT2D eigenvalue weighted by Crippen LogP contribution is 2.35. The second-order valence-corrected chi connectivity index (χ2v) is 8.94. The van der Waals surface area contributed by atoms with Crippen molar-refractivity contribution in [3.05, 3.63) is 66.0 Å². The minimum Gasteiger partial charge on any atom is -0.480 e. The third-order valence-electron chi connectivity index (χ3n) is 4.22. The first kappa shape index (κ1) is 24.5. The van der Waals surface area contributed by atoms with Crippen LogP contribution in [0.25, 0.3) is 22.4 Å². The van der Waals surface area contributed by atoms with Crippen LogP contribution in [0.1, 0.15) is 5.56 Å². The minimum absolute atomic E-state index is 0.160. The summed E-state index contributed by atoms with van der Waals surface area (Å²) in [6.45, 7) is 0. The Morgan fingerprint density at radius 3 is 2.03 bits per heavy atom. The van der Waals surface area contributed by atoms with E-state index in [1.54, 1.807) is 44.4 Å². The van der Waals surface area contributed by atoms with Gasteiger partial charge in [-0.05, 0) is 48.0 Å². The zero-order valence-corrected chi connectivity index (χ0v) is 18.9. The van der Waals surface area contributed by atoms with Gasteiger partial charge in [-0.1, -0.05) is 12.1 Å². The fourth-order valence-corrected chi connectivity index (χ4v) is 3.29. The average molecular weight is 456 g/mol. The van der Waals surface area contributed by atoms with E-state index in [9.17, 15) is 22.9 Å². The maximum atomic E-state index is 13.3. The molecule has 3 aromatic rings. The number of pyridine rings is 1. The van der Waals surface area contributed by atoms with E-state index in [2.05, 4.69) is 4.98 Å². The molecule has 0 atom stereocenters. The van der Waals surface area contributed by atoms with Crippen molar-refractivity contribution in [1.29, 1.82) is 5.26 Å². The Morgan fingerprint density at radius 2 is 1.59 bits per heavy atom. The molecule has 1 heterocycles. The zero-order chi connectivity index (χ0) is 23.9. The molecule has 166 valence electrons. The van der Waals surface area contributed by atoms with Crippen molar-refractivity contribution in [2.45, 2.75) is 4.90 Å². The molecule has 3 rings (SSSR count). The number of carbonyl (C=O) groups excluding carboxylic acids is 1. The third kappa shape index (κ3) is 6.12. The molecule has 0 aliphatic heterocycles. The number of ether oxygens (including phenoxy) is 1. The molecule has 0 aliphatic rings. The van der Waals surface area contributed by atoms with Gasteiger partial charge in [0.15, 0.2) is 9.84 Å². The summed E-state index contributed by atoms with van der Waals surface area (Å²) in [6, 6.07) is 15.7. The van der Waals surface area contributed by atoms with Crippen LogP contribution in [-0.2, 0) is 14.6 Å². The molecule has 1 amide bonds. The number of hydrogen-bond acceptors (Lipinski definition) is 6. The second kappa shape index (κ2) is 10.5. The predicted octanol–water partition coefficient (Wildman–Crippen LogP) is 3.54. The number of methoxy groups -OCH3 is 1. The molecule has 1 aromatic heterocycles. The van der Waals surface area contributed by atoms with Crippen molar-refractivity contribution in [1.82, 2.24) is 9.88 Å². The lowest BCUT2D eigenvalue weighted by Gasteiger charge is -2.13. The van der Waals surface area contributed by atoms with Gasteiger partial charge in [0.2, 0.25) is 12.3 Å². The topological polar surface area (TPSA) is 100 Å². The Kier molecular flexibility index (Phi) is 8.04. The third-order valence-corrected chi connectivity index (χ3v) is 5.35. The Bertz CT molecular complexity index is 1230. The molecule has 0 fully saturated rings. The Morgan fingerprint density at radius 1 is 1.06 bits per heavy atom. The molecule has 0 saturated carbocycles. The summed E-state index contributed by atoms with van der Waals surface area (Å²) < 4.78 is 41.8. The van der Waals surface area contributed by atoms with Crippen molar-refractivity contribution in [3.8, 4) is 34.3 Å². The summed E-state index contributed by atoms with van der Waals surface area (Å²) in [5.41, 5.74) is 2.66. The van der Waals surface area contributed by atoms with Gasteiger partial charge in [0.05, 0.1) is 17.7 Å². The van der Waals surface area contributed by atoms with Gasteiger partial charge >= 0.3 is 0 Å². The van der Waals surface area contributed by atoms with Crippen molar-refractivity contribution in [2.75, 3.05) is 27.5 Å². The molecular weight excluding hydrogens is 433 g/mol. The smallest absolute Gasteiger partial charge is 0.232 e. The summed E-state index contributed by atoms with van der Waals surface area (Å²) in [6.07, 6.45) is 1.88. The number of nitriles is 1. The SMILES string of the molecule is CN(C)C=O.COc1nc(-c2ccc(F)cc2)c(-c2ccc(S(C)(=O)=O)cc2)cc1C#N. The van der Waals surface area contributed by atoms with Crippen molar-refractivity contribution in [2.24, 2.45) is 0 Å². The molecule has 9 heteroatoms. The standard InChI is InChI=1S/C20H15FN2O3S.C3H7NO/c1-26-20-15(12-22)11-18(13-5-9-17(10-6-13)27(2,24)25)19(23-20)14-3-7-16(21)8-4-14;1-4(2)3-5/h3-11H,1-2H3;3H,1-2H3. The summed E-state index contributed by atoms with van der Waals surface area (Å²) in [5.74, 6) is -0.216. The number of sulfone groups is 1. The van der Waals surface area contributed by atoms with Gasteiger partial charge in [-0.2, -0.15) is 5.26 Å². The first-order valence-electron chi connectivity index (χ1n) is 9.28. The van der Waals surface area contributed by atoms with Gasteiger partial charge in [0, 0.05) is 31.5 Å². The summed E-state index contributed by atoms with van der Waals surface area (Å²) >= 11 is 0. The van der Waals surface area contributed by atoms with Crippen molar-refractivity contribution < 1.29 is 22.3 Å². The first-order valence-corrected chi connectivity index (χ1v) is 11.2. The highest BCUT2D eigenvalue weighted by molar-refractivity contribution is 7.90. The highest BCUT2D eigenvalue weighted by Gasteiger charge is 2.16. The predicted molar refractivity (Wildman–Crippen MR) is 119 cm³/mol. The van der Waals surface area contributed by atoms with E-state index in [0.717, 1.165) is 12.7 Å². The fraction of sp³-hybridized carbons (Fsp3) is 0.174. The molecule has 0 saturated heterocycles. The van der Waals surface area contributed by atoms with Gasteiger partial charge in [-0.3, -0.25) is 4.79 Å². The molecule has 0 aliphatic carbocycles. The van der Waals surface area contributed by atoms with Gasteiger partial charge in [0.25, 0.3) is 0 Å². The van der Waals surface area contributed by atoms with E-state index < -0.39 is 9.84 Å². The van der Waals surface area contributed by atoms with Crippen LogP contribution in [0.2, 0.25) is 0 Å². The molecule has 0 bridgehead atoms. The molecule has 32 heavy (non-hydrogen) atoms. The molecule has 2 aromatic carbocycles. The van der Waals surface area contributed by atoms with Crippen molar-refractivity contribution in [3.63, 3.8) is 0 Å². The normalized spacial score (nSPS) is 10.4. The fourth-order valence-electron chi connectivity index (χ4n) is 2.66. The Labute approximate surface area is 186 Å². The molecule has 0 spiro atoms. The molecule has 0 radical (unpaired) electrons. The van der Waals surface area contributed by atoms with Gasteiger partial charge in [-0.15, -0.1) is 0 Å². The first-order chi connectivity index (χ1) is 15.1. The van der Waals surface area contributed by atoms with Gasteiger partial charge in [-0.25, -0.2) is 17.8 Å². The Balaban J connectivity index is 0.000000654. The number of hydrogen-bond donors (Lipinski definition) is 0. The van der Waals surface area contributed by atoms with Crippen LogP contribution in [0.15, 0.2) is 59.5 Å². The van der Waals surface area contributed by atoms with Crippen LogP contribution in [0.5, 0.6) is 5.88 Å². The average Bonchev–Trinajstić information content (AvgIpc) is 2.78. The number of benzene rings is 2. The number of halogens is 1. The largest absolute Gasteiger partial charge is 0.480 e. The molecule has 0 unspecified atom stereocenters. The van der Waals surface area contributed by atoms with Crippen LogP contribution in [0.3, 0.4) is 0 Å². The van der Waals surface area contributed by atoms with Gasteiger partial charge in [0.1, 0.15) is 17.4 Å². The Hall–Kier alpha value is -3.77. The molecular formula is C23H22FN3O4S. The number of amides is 1. The van der Waals surface area contributed by atoms with E-state index in [0.29, 0.717) is 22.4 Å². The van der Waals surface area contributed by atoms with E-state index in [4.69, 9.17) is 4.74 Å². The molecule has 7 nitrogen and oxygen atoms in total. The minimum atomic E-state index is -3.32. The number of carbonyl (C=O) groups is 1. The lowest BCUT2D eigenvalue weighted by atomic mass is 9.98. The van der Waals surface area contributed by atoms with Crippen LogP contribution in [-0.4, -0.2) is 52.2 Å². The lowest BCUT2D eigenvalue weighted by Crippen LogP contribution is -2.06. The number of aromatic nitrogens is 1. The monoisotopic (exact) mass is 455 g/mol. The van der Waals surface area contributed by atoms with E-state index in [1.165, 1.54) is 36.3 Å². The quantitative estimate of drug-likeness (QED) is 0.546.